The van der Waals surface area contributed by atoms with E-state index < -0.39 is 20.4 Å². The monoisotopic (exact) mass is 417 g/mol. The Kier molecular flexibility index (Phi) is 5.59. The Morgan fingerprint density at radius 1 is 1.30 bits per heavy atom. The summed E-state index contributed by atoms with van der Waals surface area (Å²) < 4.78 is 37.4. The number of hydrogen-bond acceptors (Lipinski definition) is 4. The number of rotatable bonds is 2. The topological polar surface area (TPSA) is 69.7 Å². The van der Waals surface area contributed by atoms with E-state index in [2.05, 4.69) is 5.32 Å². The zero-order chi connectivity index (χ0) is 19.8. The summed E-state index contributed by atoms with van der Waals surface area (Å²) in [7, 11) is -3.22. The van der Waals surface area contributed by atoms with Gasteiger partial charge in [-0.2, -0.15) is 0 Å². The molecule has 3 rings (SSSR count). The molecule has 1 atom stereocenters. The van der Waals surface area contributed by atoms with E-state index in [1.54, 1.807) is 24.8 Å². The molecule has 1 unspecified atom stereocenters. The fourth-order valence-corrected chi connectivity index (χ4v) is 4.97. The van der Waals surface area contributed by atoms with Crippen molar-refractivity contribution in [3.63, 3.8) is 0 Å². The van der Waals surface area contributed by atoms with Crippen molar-refractivity contribution in [1.29, 1.82) is 0 Å². The van der Waals surface area contributed by atoms with Gasteiger partial charge in [0.05, 0.1) is 15.5 Å². The van der Waals surface area contributed by atoms with Gasteiger partial charge in [0.1, 0.15) is 5.82 Å². The van der Waals surface area contributed by atoms with Crippen molar-refractivity contribution in [2.75, 3.05) is 36.8 Å². The molecule has 0 radical (unpaired) electrons. The standard InChI is InChI=1S/C18H25ClFN3O3S/c1-18(2)6-8-22(9-10-27(18,25)26)17(24)21-13-5-7-23(12-13)14-3-4-15(19)16(20)11-14/h3-4,11,13H,5-10,12H2,1-2H3,(H,21,24). The van der Waals surface area contributed by atoms with Gasteiger partial charge in [-0.05, 0) is 44.9 Å². The lowest BCUT2D eigenvalue weighted by Gasteiger charge is -2.24. The number of halogens is 2. The van der Waals surface area contributed by atoms with Crippen LogP contribution in [-0.2, 0) is 9.84 Å². The van der Waals surface area contributed by atoms with Gasteiger partial charge in [-0.25, -0.2) is 17.6 Å². The Hall–Kier alpha value is -1.54. The third-order valence-corrected chi connectivity index (χ3v) is 8.44. The highest BCUT2D eigenvalue weighted by molar-refractivity contribution is 7.92. The molecule has 0 aromatic heterocycles. The normalized spacial score (nSPS) is 24.5. The van der Waals surface area contributed by atoms with Crippen LogP contribution in [0.2, 0.25) is 5.02 Å². The molecule has 1 N–H and O–H groups in total. The minimum Gasteiger partial charge on any atom is -0.369 e. The maximum Gasteiger partial charge on any atom is 0.317 e. The average Bonchev–Trinajstić information content (AvgIpc) is 3.01. The maximum atomic E-state index is 13.7. The zero-order valence-corrected chi connectivity index (χ0v) is 17.1. The molecule has 2 saturated heterocycles. The first-order valence-electron chi connectivity index (χ1n) is 9.07. The van der Waals surface area contributed by atoms with Crippen molar-refractivity contribution < 1.29 is 17.6 Å². The van der Waals surface area contributed by atoms with E-state index in [1.807, 2.05) is 4.90 Å². The summed E-state index contributed by atoms with van der Waals surface area (Å²) in [6.07, 6.45) is 1.16. The lowest BCUT2D eigenvalue weighted by Crippen LogP contribution is -2.46. The zero-order valence-electron chi connectivity index (χ0n) is 15.5. The summed E-state index contributed by atoms with van der Waals surface area (Å²) in [6.45, 7) is 5.32. The van der Waals surface area contributed by atoms with Crippen molar-refractivity contribution in [3.05, 3.63) is 29.0 Å². The van der Waals surface area contributed by atoms with Gasteiger partial charge in [0.2, 0.25) is 0 Å². The third-order valence-electron chi connectivity index (χ3n) is 5.53. The summed E-state index contributed by atoms with van der Waals surface area (Å²) >= 11 is 5.73. The summed E-state index contributed by atoms with van der Waals surface area (Å²) in [5, 5.41) is 3.07. The van der Waals surface area contributed by atoms with Crippen molar-refractivity contribution in [2.45, 2.75) is 37.5 Å². The summed E-state index contributed by atoms with van der Waals surface area (Å²) in [6, 6.07) is 4.38. The number of anilines is 1. The smallest absolute Gasteiger partial charge is 0.317 e. The van der Waals surface area contributed by atoms with Crippen LogP contribution in [0.3, 0.4) is 0 Å². The molecule has 2 heterocycles. The predicted molar refractivity (Wildman–Crippen MR) is 105 cm³/mol. The molecule has 1 aromatic rings. The first-order chi connectivity index (χ1) is 12.6. The molecule has 0 spiro atoms. The van der Waals surface area contributed by atoms with Crippen LogP contribution in [0.5, 0.6) is 0 Å². The second-order valence-electron chi connectivity index (χ2n) is 7.80. The summed E-state index contributed by atoms with van der Waals surface area (Å²) in [4.78, 5) is 16.2. The molecule has 2 aliphatic rings. The lowest BCUT2D eigenvalue weighted by molar-refractivity contribution is 0.197. The third kappa shape index (κ3) is 4.32. The second-order valence-corrected chi connectivity index (χ2v) is 10.9. The van der Waals surface area contributed by atoms with Gasteiger partial charge in [0, 0.05) is 37.9 Å². The first kappa shape index (κ1) is 20.2. The minimum atomic E-state index is -3.22. The number of nitrogens with zero attached hydrogens (tertiary/aromatic N) is 2. The van der Waals surface area contributed by atoms with Gasteiger partial charge in [-0.15, -0.1) is 0 Å². The number of carbonyl (C=O) groups excluding carboxylic acids is 1. The number of hydrogen-bond donors (Lipinski definition) is 1. The average molecular weight is 418 g/mol. The molecule has 0 saturated carbocycles. The highest BCUT2D eigenvalue weighted by Crippen LogP contribution is 2.26. The van der Waals surface area contributed by atoms with E-state index in [-0.39, 0.29) is 29.4 Å². The van der Waals surface area contributed by atoms with E-state index in [1.165, 1.54) is 12.1 Å². The number of urea groups is 1. The van der Waals surface area contributed by atoms with E-state index in [0.717, 1.165) is 12.1 Å². The van der Waals surface area contributed by atoms with Crippen molar-refractivity contribution in [3.8, 4) is 0 Å². The van der Waals surface area contributed by atoms with Gasteiger partial charge < -0.3 is 15.1 Å². The Morgan fingerprint density at radius 3 is 2.74 bits per heavy atom. The number of sulfone groups is 1. The van der Waals surface area contributed by atoms with E-state index in [0.29, 0.717) is 26.1 Å². The molecule has 27 heavy (non-hydrogen) atoms. The van der Waals surface area contributed by atoms with Crippen molar-refractivity contribution in [1.82, 2.24) is 10.2 Å². The van der Waals surface area contributed by atoms with Crippen LogP contribution >= 0.6 is 11.6 Å². The number of carbonyl (C=O) groups is 1. The van der Waals surface area contributed by atoms with E-state index in [4.69, 9.17) is 11.6 Å². The van der Waals surface area contributed by atoms with Gasteiger partial charge in [0.15, 0.2) is 9.84 Å². The fraction of sp³-hybridized carbons (Fsp3) is 0.611. The van der Waals surface area contributed by atoms with Crippen LogP contribution in [-0.4, -0.2) is 62.1 Å². The largest absolute Gasteiger partial charge is 0.369 e. The number of nitrogens with one attached hydrogen (secondary N) is 1. The van der Waals surface area contributed by atoms with Crippen LogP contribution in [0.1, 0.15) is 26.7 Å². The van der Waals surface area contributed by atoms with Crippen LogP contribution in [0, 0.1) is 5.82 Å². The Morgan fingerprint density at radius 2 is 2.04 bits per heavy atom. The number of benzene rings is 1. The Balaban J connectivity index is 1.58. The molecular weight excluding hydrogens is 393 g/mol. The van der Waals surface area contributed by atoms with Gasteiger partial charge >= 0.3 is 6.03 Å². The molecule has 2 aliphatic heterocycles. The van der Waals surface area contributed by atoms with Crippen LogP contribution in [0.4, 0.5) is 14.9 Å². The summed E-state index contributed by atoms with van der Waals surface area (Å²) in [5.74, 6) is -0.483. The fourth-order valence-electron chi connectivity index (χ4n) is 3.44. The van der Waals surface area contributed by atoms with Gasteiger partial charge in [-0.3, -0.25) is 0 Å². The van der Waals surface area contributed by atoms with Crippen molar-refractivity contribution in [2.24, 2.45) is 0 Å². The maximum absolute atomic E-state index is 13.7. The number of amides is 2. The van der Waals surface area contributed by atoms with Gasteiger partial charge in [-0.1, -0.05) is 11.6 Å². The second kappa shape index (κ2) is 7.47. The molecule has 9 heteroatoms. The highest BCUT2D eigenvalue weighted by Gasteiger charge is 2.38. The van der Waals surface area contributed by atoms with E-state index in [9.17, 15) is 17.6 Å². The predicted octanol–water partition coefficient (Wildman–Crippen LogP) is 2.67. The quantitative estimate of drug-likeness (QED) is 0.803. The Bertz CT molecular complexity index is 831. The lowest BCUT2D eigenvalue weighted by atomic mass is 10.1. The van der Waals surface area contributed by atoms with Crippen molar-refractivity contribution >= 4 is 33.2 Å². The van der Waals surface area contributed by atoms with Crippen LogP contribution in [0.25, 0.3) is 0 Å². The molecule has 1 aromatic carbocycles. The molecule has 0 bridgehead atoms. The molecule has 6 nitrogen and oxygen atoms in total. The van der Waals surface area contributed by atoms with Gasteiger partial charge in [0.25, 0.3) is 0 Å². The highest BCUT2D eigenvalue weighted by atomic mass is 35.5. The SMILES string of the molecule is CC1(C)CCN(C(=O)NC2CCN(c3ccc(Cl)c(F)c3)C2)CCS1(=O)=O. The molecular formula is C18H25ClFN3O3S. The first-order valence-corrected chi connectivity index (χ1v) is 11.1. The van der Waals surface area contributed by atoms with E-state index >= 15 is 0 Å². The van der Waals surface area contributed by atoms with Crippen LogP contribution < -0.4 is 10.2 Å². The Labute approximate surface area is 164 Å². The molecule has 2 amide bonds. The summed E-state index contributed by atoms with van der Waals surface area (Å²) in [5.41, 5.74) is 0.733. The van der Waals surface area contributed by atoms with Crippen LogP contribution in [0.15, 0.2) is 18.2 Å². The molecule has 0 aliphatic carbocycles. The molecule has 2 fully saturated rings. The molecule has 150 valence electrons. The minimum absolute atomic E-state index is 0.0196.